The van der Waals surface area contributed by atoms with E-state index in [1.165, 1.54) is 5.56 Å². The molecule has 2 amide bonds. The second kappa shape index (κ2) is 9.78. The fourth-order valence-corrected chi connectivity index (χ4v) is 3.05. The van der Waals surface area contributed by atoms with Crippen molar-refractivity contribution in [3.63, 3.8) is 0 Å². The van der Waals surface area contributed by atoms with Gasteiger partial charge < -0.3 is 10.6 Å². The normalized spacial score (nSPS) is 10.2. The van der Waals surface area contributed by atoms with Crippen molar-refractivity contribution < 1.29 is 9.59 Å². The van der Waals surface area contributed by atoms with Gasteiger partial charge in [0, 0.05) is 7.05 Å². The molecule has 0 bridgehead atoms. The van der Waals surface area contributed by atoms with Gasteiger partial charge in [-0.3, -0.25) is 9.59 Å². The topological polar surface area (TPSA) is 58.2 Å². The highest BCUT2D eigenvalue weighted by atomic mass is 32.2. The zero-order valence-corrected chi connectivity index (χ0v) is 14.6. The highest BCUT2D eigenvalue weighted by Gasteiger charge is 2.11. The first-order valence-electron chi connectivity index (χ1n) is 7.93. The smallest absolute Gasteiger partial charge is 0.253 e. The van der Waals surface area contributed by atoms with Gasteiger partial charge in [0.1, 0.15) is 0 Å². The number of hydrogen-bond donors (Lipinski definition) is 2. The SMILES string of the molecule is CNC(=O)c1ccccc1NC(=O)CSCCCc1ccccc1. The summed E-state index contributed by atoms with van der Waals surface area (Å²) in [7, 11) is 1.57. The van der Waals surface area contributed by atoms with E-state index in [1.807, 2.05) is 18.2 Å². The molecule has 0 aliphatic carbocycles. The van der Waals surface area contributed by atoms with Crippen molar-refractivity contribution in [1.29, 1.82) is 0 Å². The fraction of sp³-hybridized carbons (Fsp3) is 0.263. The lowest BCUT2D eigenvalue weighted by molar-refractivity contribution is -0.113. The van der Waals surface area contributed by atoms with Gasteiger partial charge in [-0.25, -0.2) is 0 Å². The molecule has 2 aromatic carbocycles. The summed E-state index contributed by atoms with van der Waals surface area (Å²) in [5.41, 5.74) is 2.34. The van der Waals surface area contributed by atoms with E-state index in [9.17, 15) is 9.59 Å². The van der Waals surface area contributed by atoms with Crippen LogP contribution < -0.4 is 10.6 Å². The lowest BCUT2D eigenvalue weighted by Gasteiger charge is -2.10. The predicted octanol–water partition coefficient (Wildman–Crippen LogP) is 3.35. The molecular formula is C19H22N2O2S. The number of anilines is 1. The van der Waals surface area contributed by atoms with Crippen molar-refractivity contribution in [3.8, 4) is 0 Å². The zero-order valence-electron chi connectivity index (χ0n) is 13.7. The van der Waals surface area contributed by atoms with Crippen molar-refractivity contribution in [2.75, 3.05) is 23.9 Å². The number of hydrogen-bond acceptors (Lipinski definition) is 3. The molecule has 2 rings (SSSR count). The van der Waals surface area contributed by atoms with Crippen LogP contribution in [0.5, 0.6) is 0 Å². The third-order valence-electron chi connectivity index (χ3n) is 3.50. The second-order valence-electron chi connectivity index (χ2n) is 5.31. The molecule has 0 saturated carbocycles. The van der Waals surface area contributed by atoms with Crippen LogP contribution >= 0.6 is 11.8 Å². The summed E-state index contributed by atoms with van der Waals surface area (Å²) in [6, 6.07) is 17.3. The molecule has 4 nitrogen and oxygen atoms in total. The Kier molecular flexibility index (Phi) is 7.36. The minimum atomic E-state index is -0.207. The molecule has 2 N–H and O–H groups in total. The van der Waals surface area contributed by atoms with Crippen LogP contribution in [0.15, 0.2) is 54.6 Å². The predicted molar refractivity (Wildman–Crippen MR) is 101 cm³/mol. The third kappa shape index (κ3) is 5.74. The first-order chi connectivity index (χ1) is 11.7. The van der Waals surface area contributed by atoms with Crippen molar-refractivity contribution in [2.45, 2.75) is 12.8 Å². The van der Waals surface area contributed by atoms with Crippen molar-refractivity contribution in [1.82, 2.24) is 5.32 Å². The van der Waals surface area contributed by atoms with Gasteiger partial charge in [0.25, 0.3) is 5.91 Å². The van der Waals surface area contributed by atoms with Gasteiger partial charge in [-0.15, -0.1) is 0 Å². The Balaban J connectivity index is 1.73. The Hall–Kier alpha value is -2.27. The Morgan fingerprint density at radius 1 is 1.00 bits per heavy atom. The summed E-state index contributed by atoms with van der Waals surface area (Å²) in [5, 5.41) is 5.39. The van der Waals surface area contributed by atoms with Crippen LogP contribution in [0.25, 0.3) is 0 Å². The number of amides is 2. The molecule has 0 saturated heterocycles. The average Bonchev–Trinajstić information content (AvgIpc) is 2.62. The largest absolute Gasteiger partial charge is 0.355 e. The lowest BCUT2D eigenvalue weighted by atomic mass is 10.1. The summed E-state index contributed by atoms with van der Waals surface area (Å²) in [4.78, 5) is 23.8. The van der Waals surface area contributed by atoms with Crippen LogP contribution in [-0.4, -0.2) is 30.4 Å². The van der Waals surface area contributed by atoms with E-state index in [2.05, 4.69) is 22.8 Å². The van der Waals surface area contributed by atoms with E-state index in [-0.39, 0.29) is 11.8 Å². The Morgan fingerprint density at radius 3 is 2.46 bits per heavy atom. The number of thioether (sulfide) groups is 1. The minimum Gasteiger partial charge on any atom is -0.355 e. The number of para-hydroxylation sites is 1. The third-order valence-corrected chi connectivity index (χ3v) is 4.55. The number of nitrogens with one attached hydrogen (secondary N) is 2. The van der Waals surface area contributed by atoms with E-state index in [0.29, 0.717) is 17.0 Å². The van der Waals surface area contributed by atoms with Gasteiger partial charge in [-0.05, 0) is 36.3 Å². The summed E-state index contributed by atoms with van der Waals surface area (Å²) in [6.45, 7) is 0. The Bertz CT molecular complexity index is 674. The van der Waals surface area contributed by atoms with Crippen LogP contribution in [0.4, 0.5) is 5.69 Å². The first-order valence-corrected chi connectivity index (χ1v) is 9.09. The van der Waals surface area contributed by atoms with E-state index >= 15 is 0 Å². The van der Waals surface area contributed by atoms with Gasteiger partial charge in [0.05, 0.1) is 17.0 Å². The molecule has 0 spiro atoms. The molecule has 0 unspecified atom stereocenters. The lowest BCUT2D eigenvalue weighted by Crippen LogP contribution is -2.22. The van der Waals surface area contributed by atoms with Crippen LogP contribution in [0.3, 0.4) is 0 Å². The maximum atomic E-state index is 12.0. The van der Waals surface area contributed by atoms with Gasteiger partial charge >= 0.3 is 0 Å². The summed E-state index contributed by atoms with van der Waals surface area (Å²) in [6.07, 6.45) is 2.06. The first kappa shape index (κ1) is 18.1. The number of benzene rings is 2. The molecule has 126 valence electrons. The van der Waals surface area contributed by atoms with Gasteiger partial charge in [0.2, 0.25) is 5.91 Å². The maximum Gasteiger partial charge on any atom is 0.253 e. The van der Waals surface area contributed by atoms with Crippen molar-refractivity contribution in [2.24, 2.45) is 0 Å². The second-order valence-corrected chi connectivity index (χ2v) is 6.42. The molecule has 0 atom stereocenters. The molecule has 5 heteroatoms. The standard InChI is InChI=1S/C19H22N2O2S/c1-20-19(23)16-11-5-6-12-17(16)21-18(22)14-24-13-7-10-15-8-3-2-4-9-15/h2-6,8-9,11-12H,7,10,13-14H2,1H3,(H,20,23)(H,21,22). The highest BCUT2D eigenvalue weighted by molar-refractivity contribution is 7.99. The number of rotatable bonds is 8. The van der Waals surface area contributed by atoms with E-state index in [4.69, 9.17) is 0 Å². The molecule has 0 aromatic heterocycles. The highest BCUT2D eigenvalue weighted by Crippen LogP contribution is 2.16. The number of aryl methyl sites for hydroxylation is 1. The van der Waals surface area contributed by atoms with Crippen molar-refractivity contribution in [3.05, 3.63) is 65.7 Å². The molecule has 2 aromatic rings. The quantitative estimate of drug-likeness (QED) is 0.723. The average molecular weight is 342 g/mol. The molecule has 24 heavy (non-hydrogen) atoms. The van der Waals surface area contributed by atoms with Gasteiger partial charge in [-0.2, -0.15) is 11.8 Å². The minimum absolute atomic E-state index is 0.0870. The van der Waals surface area contributed by atoms with E-state index in [1.54, 1.807) is 43.1 Å². The molecule has 0 heterocycles. The monoisotopic (exact) mass is 342 g/mol. The molecule has 0 aliphatic heterocycles. The maximum absolute atomic E-state index is 12.0. The van der Waals surface area contributed by atoms with Gasteiger partial charge in [-0.1, -0.05) is 42.5 Å². The summed E-state index contributed by atoms with van der Waals surface area (Å²) in [5.74, 6) is 1.02. The van der Waals surface area contributed by atoms with Gasteiger partial charge in [0.15, 0.2) is 0 Å². The molecular weight excluding hydrogens is 320 g/mol. The molecule has 0 fully saturated rings. The molecule has 0 radical (unpaired) electrons. The van der Waals surface area contributed by atoms with Crippen LogP contribution in [0.1, 0.15) is 22.3 Å². The zero-order chi connectivity index (χ0) is 17.2. The molecule has 0 aliphatic rings. The van der Waals surface area contributed by atoms with Crippen molar-refractivity contribution >= 4 is 29.3 Å². The fourth-order valence-electron chi connectivity index (χ4n) is 2.30. The Labute approximate surface area is 147 Å². The number of carbonyl (C=O) groups is 2. The summed E-state index contributed by atoms with van der Waals surface area (Å²) >= 11 is 1.61. The van der Waals surface area contributed by atoms with E-state index < -0.39 is 0 Å². The summed E-state index contributed by atoms with van der Waals surface area (Å²) < 4.78 is 0. The van der Waals surface area contributed by atoms with Crippen LogP contribution in [0.2, 0.25) is 0 Å². The van der Waals surface area contributed by atoms with E-state index in [0.717, 1.165) is 18.6 Å². The van der Waals surface area contributed by atoms with Crippen LogP contribution in [0, 0.1) is 0 Å². The number of carbonyl (C=O) groups excluding carboxylic acids is 2. The Morgan fingerprint density at radius 2 is 1.71 bits per heavy atom. The van der Waals surface area contributed by atoms with Crippen LogP contribution in [-0.2, 0) is 11.2 Å².